The Hall–Kier alpha value is -1.35. The van der Waals surface area contributed by atoms with Crippen LogP contribution in [0.5, 0.6) is 5.75 Å². The van der Waals surface area contributed by atoms with Crippen LogP contribution in [0.4, 0.5) is 0 Å². The predicted octanol–water partition coefficient (Wildman–Crippen LogP) is 2.74. The summed E-state index contributed by atoms with van der Waals surface area (Å²) in [5, 5.41) is 0. The third-order valence-corrected chi connectivity index (χ3v) is 2.75. The number of nitrogens with zero attached hydrogens (tertiary/aromatic N) is 1. The molecule has 0 aliphatic heterocycles. The second kappa shape index (κ2) is 6.40. The maximum Gasteiger partial charge on any atom is 0.159 e. The second-order valence-electron chi connectivity index (χ2n) is 4.14. The van der Waals surface area contributed by atoms with Crippen molar-refractivity contribution in [2.75, 3.05) is 20.2 Å². The Bertz CT molecular complexity index is 388. The van der Waals surface area contributed by atoms with Crippen molar-refractivity contribution < 1.29 is 9.53 Å². The van der Waals surface area contributed by atoms with Gasteiger partial charge in [-0.2, -0.15) is 0 Å². The molecule has 1 rings (SSSR count). The van der Waals surface area contributed by atoms with Crippen molar-refractivity contribution in [1.82, 2.24) is 4.90 Å². The molecule has 1 aromatic rings. The van der Waals surface area contributed by atoms with Gasteiger partial charge in [-0.1, -0.05) is 6.92 Å². The summed E-state index contributed by atoms with van der Waals surface area (Å²) >= 11 is 0. The lowest BCUT2D eigenvalue weighted by molar-refractivity contribution is 0.101. The highest BCUT2D eigenvalue weighted by Gasteiger charge is 2.09. The van der Waals surface area contributed by atoms with E-state index in [4.69, 9.17) is 4.74 Å². The Kier molecular flexibility index (Phi) is 5.16. The van der Waals surface area contributed by atoms with Gasteiger partial charge in [0, 0.05) is 17.7 Å². The first-order chi connectivity index (χ1) is 8.08. The van der Waals surface area contributed by atoms with E-state index < -0.39 is 0 Å². The van der Waals surface area contributed by atoms with Gasteiger partial charge >= 0.3 is 0 Å². The van der Waals surface area contributed by atoms with E-state index in [0.717, 1.165) is 30.0 Å². The lowest BCUT2D eigenvalue weighted by Crippen LogP contribution is -2.17. The quantitative estimate of drug-likeness (QED) is 0.710. The van der Waals surface area contributed by atoms with E-state index in [1.54, 1.807) is 6.92 Å². The molecule has 17 heavy (non-hydrogen) atoms. The van der Waals surface area contributed by atoms with E-state index in [-0.39, 0.29) is 5.78 Å². The molecule has 0 saturated heterocycles. The van der Waals surface area contributed by atoms with Crippen molar-refractivity contribution in [2.24, 2.45) is 0 Å². The van der Waals surface area contributed by atoms with Crippen LogP contribution < -0.4 is 4.74 Å². The van der Waals surface area contributed by atoms with Gasteiger partial charge in [-0.05, 0) is 45.6 Å². The molecule has 0 bridgehead atoms. The van der Waals surface area contributed by atoms with Crippen LogP contribution in [-0.4, -0.2) is 30.9 Å². The minimum Gasteiger partial charge on any atom is -0.494 e. The molecular formula is C14H21NO2. The second-order valence-corrected chi connectivity index (χ2v) is 4.14. The van der Waals surface area contributed by atoms with E-state index in [2.05, 4.69) is 18.9 Å². The van der Waals surface area contributed by atoms with E-state index in [1.807, 2.05) is 25.1 Å². The first-order valence-electron chi connectivity index (χ1n) is 6.03. The van der Waals surface area contributed by atoms with Gasteiger partial charge in [0.25, 0.3) is 0 Å². The first-order valence-corrected chi connectivity index (χ1v) is 6.03. The molecule has 0 aliphatic rings. The number of hydrogen-bond acceptors (Lipinski definition) is 3. The third kappa shape index (κ3) is 3.86. The fourth-order valence-electron chi connectivity index (χ4n) is 1.62. The van der Waals surface area contributed by atoms with Crippen LogP contribution >= 0.6 is 0 Å². The predicted molar refractivity (Wildman–Crippen MR) is 69.6 cm³/mol. The minimum absolute atomic E-state index is 0.0912. The smallest absolute Gasteiger partial charge is 0.159 e. The van der Waals surface area contributed by atoms with Crippen molar-refractivity contribution in [3.8, 4) is 5.75 Å². The number of ketones is 1. The van der Waals surface area contributed by atoms with Gasteiger partial charge in [-0.3, -0.25) is 4.79 Å². The van der Waals surface area contributed by atoms with Crippen LogP contribution in [0.15, 0.2) is 18.2 Å². The van der Waals surface area contributed by atoms with Gasteiger partial charge in [0.15, 0.2) is 5.78 Å². The molecule has 3 nitrogen and oxygen atoms in total. The molecule has 3 heteroatoms. The van der Waals surface area contributed by atoms with Crippen LogP contribution in [0, 0.1) is 0 Å². The maximum absolute atomic E-state index is 11.4. The molecular weight excluding hydrogens is 214 g/mol. The van der Waals surface area contributed by atoms with Gasteiger partial charge < -0.3 is 9.64 Å². The Morgan fingerprint density at radius 3 is 2.59 bits per heavy atom. The summed E-state index contributed by atoms with van der Waals surface area (Å²) in [7, 11) is 2.05. The molecule has 0 saturated carbocycles. The van der Waals surface area contributed by atoms with Gasteiger partial charge in [-0.15, -0.1) is 0 Å². The highest BCUT2D eigenvalue weighted by atomic mass is 16.5. The lowest BCUT2D eigenvalue weighted by atomic mass is 10.1. The summed E-state index contributed by atoms with van der Waals surface area (Å²) in [6.45, 7) is 8.06. The molecule has 0 aliphatic carbocycles. The Morgan fingerprint density at radius 1 is 1.35 bits per heavy atom. The molecule has 0 amide bonds. The number of ether oxygens (including phenoxy) is 1. The largest absolute Gasteiger partial charge is 0.494 e. The van der Waals surface area contributed by atoms with Crippen LogP contribution in [0.25, 0.3) is 0 Å². The van der Waals surface area contributed by atoms with Crippen LogP contribution in [0.3, 0.4) is 0 Å². The average molecular weight is 235 g/mol. The SMILES string of the molecule is CCOc1ccc(C(C)=O)cc1CN(C)CC. The van der Waals surface area contributed by atoms with Gasteiger partial charge in [0.1, 0.15) is 5.75 Å². The maximum atomic E-state index is 11.4. The van der Waals surface area contributed by atoms with Crippen molar-refractivity contribution in [3.63, 3.8) is 0 Å². The van der Waals surface area contributed by atoms with E-state index >= 15 is 0 Å². The van der Waals surface area contributed by atoms with Crippen LogP contribution in [-0.2, 0) is 6.54 Å². The van der Waals surface area contributed by atoms with E-state index in [0.29, 0.717) is 6.61 Å². The van der Waals surface area contributed by atoms with Crippen molar-refractivity contribution >= 4 is 5.78 Å². The van der Waals surface area contributed by atoms with Gasteiger partial charge in [-0.25, -0.2) is 0 Å². The normalized spacial score (nSPS) is 10.6. The zero-order valence-electron chi connectivity index (χ0n) is 11.1. The number of Topliss-reactive ketones (excluding diaryl/α,β-unsaturated/α-hetero) is 1. The summed E-state index contributed by atoms with van der Waals surface area (Å²) in [4.78, 5) is 13.5. The average Bonchev–Trinajstić information content (AvgIpc) is 2.31. The topological polar surface area (TPSA) is 29.5 Å². The number of benzene rings is 1. The summed E-state index contributed by atoms with van der Waals surface area (Å²) in [5.74, 6) is 0.964. The Morgan fingerprint density at radius 2 is 2.06 bits per heavy atom. The summed E-state index contributed by atoms with van der Waals surface area (Å²) in [6.07, 6.45) is 0. The van der Waals surface area contributed by atoms with E-state index in [1.165, 1.54) is 0 Å². The van der Waals surface area contributed by atoms with Crippen molar-refractivity contribution in [1.29, 1.82) is 0 Å². The van der Waals surface area contributed by atoms with Crippen molar-refractivity contribution in [2.45, 2.75) is 27.3 Å². The number of hydrogen-bond donors (Lipinski definition) is 0. The summed E-state index contributed by atoms with van der Waals surface area (Å²) < 4.78 is 5.58. The zero-order valence-corrected chi connectivity index (χ0v) is 11.1. The van der Waals surface area contributed by atoms with Gasteiger partial charge in [0.05, 0.1) is 6.61 Å². The minimum atomic E-state index is 0.0912. The van der Waals surface area contributed by atoms with Crippen LogP contribution in [0.2, 0.25) is 0 Å². The molecule has 0 unspecified atom stereocenters. The number of carbonyl (C=O) groups is 1. The summed E-state index contributed by atoms with van der Waals surface area (Å²) in [6, 6.07) is 5.64. The molecule has 1 aromatic carbocycles. The number of rotatable bonds is 6. The lowest BCUT2D eigenvalue weighted by Gasteiger charge is -2.17. The molecule has 0 spiro atoms. The standard InChI is InChI=1S/C14H21NO2/c1-5-15(4)10-13-9-12(11(3)16)7-8-14(13)17-6-2/h7-9H,5-6,10H2,1-4H3. The third-order valence-electron chi connectivity index (χ3n) is 2.75. The molecule has 0 fully saturated rings. The monoisotopic (exact) mass is 235 g/mol. The first kappa shape index (κ1) is 13.7. The molecule has 0 atom stereocenters. The Labute approximate surface area is 103 Å². The highest BCUT2D eigenvalue weighted by Crippen LogP contribution is 2.22. The highest BCUT2D eigenvalue weighted by molar-refractivity contribution is 5.94. The fourth-order valence-corrected chi connectivity index (χ4v) is 1.62. The number of carbonyl (C=O) groups excluding carboxylic acids is 1. The zero-order chi connectivity index (χ0) is 12.8. The van der Waals surface area contributed by atoms with E-state index in [9.17, 15) is 4.79 Å². The summed E-state index contributed by atoms with van der Waals surface area (Å²) in [5.41, 5.74) is 1.82. The molecule has 94 valence electrons. The molecule has 0 heterocycles. The van der Waals surface area contributed by atoms with Crippen molar-refractivity contribution in [3.05, 3.63) is 29.3 Å². The van der Waals surface area contributed by atoms with Gasteiger partial charge in [0.2, 0.25) is 0 Å². The molecule has 0 radical (unpaired) electrons. The molecule has 0 N–H and O–H groups in total. The Balaban J connectivity index is 3.02. The fraction of sp³-hybridized carbons (Fsp3) is 0.500. The van der Waals surface area contributed by atoms with Crippen LogP contribution in [0.1, 0.15) is 36.7 Å². The molecule has 0 aromatic heterocycles.